The molecule has 0 fully saturated rings. The summed E-state index contributed by atoms with van der Waals surface area (Å²) in [5, 5.41) is 1.49. The third kappa shape index (κ3) is 4.15. The summed E-state index contributed by atoms with van der Waals surface area (Å²) in [4.78, 5) is 4.78. The Kier molecular flexibility index (Phi) is 5.50. The van der Waals surface area contributed by atoms with E-state index < -0.39 is 0 Å². The number of hydrogen-bond acceptors (Lipinski definition) is 1. The van der Waals surface area contributed by atoms with E-state index in [2.05, 4.69) is 49.4 Å². The zero-order valence-corrected chi connectivity index (χ0v) is 14.6. The number of aromatic nitrogens is 1. The lowest BCUT2D eigenvalue weighted by Gasteiger charge is -2.07. The summed E-state index contributed by atoms with van der Waals surface area (Å²) in [6, 6.07) is 20.8. The van der Waals surface area contributed by atoms with E-state index in [1.165, 1.54) is 11.1 Å². The van der Waals surface area contributed by atoms with Crippen LogP contribution in [0.1, 0.15) is 18.1 Å². The van der Waals surface area contributed by atoms with Gasteiger partial charge >= 0.3 is 0 Å². The van der Waals surface area contributed by atoms with E-state index in [9.17, 15) is 0 Å². The fraction of sp³-hybridized carbons (Fsp3) is 0.190. The average Bonchev–Trinajstić information content (AvgIpc) is 2.63. The van der Waals surface area contributed by atoms with E-state index in [0.29, 0.717) is 5.02 Å². The van der Waals surface area contributed by atoms with Crippen LogP contribution in [-0.2, 0) is 19.4 Å². The van der Waals surface area contributed by atoms with Gasteiger partial charge in [0.2, 0.25) is 0 Å². The van der Waals surface area contributed by atoms with Crippen molar-refractivity contribution in [2.24, 2.45) is 4.99 Å². The number of hydrogen-bond donors (Lipinski definition) is 0. The lowest BCUT2D eigenvalue weighted by Crippen LogP contribution is -2.07. The van der Waals surface area contributed by atoms with Crippen LogP contribution in [0.15, 0.2) is 78.0 Å². The Morgan fingerprint density at radius 3 is 2.42 bits per heavy atom. The molecule has 0 radical (unpaired) electrons. The highest BCUT2D eigenvalue weighted by atomic mass is 35.5. The third-order valence-electron chi connectivity index (χ3n) is 4.07. The molecule has 0 aliphatic carbocycles. The highest BCUT2D eigenvalue weighted by Gasteiger charge is 2.02. The first-order chi connectivity index (χ1) is 11.8. The third-order valence-corrected chi connectivity index (χ3v) is 4.36. The molecule has 3 rings (SSSR count). The molecular weight excluding hydrogens is 316 g/mol. The number of aryl methyl sites for hydroxylation is 3. The molecule has 2 nitrogen and oxygen atoms in total. The van der Waals surface area contributed by atoms with E-state index in [1.807, 2.05) is 35.2 Å². The molecule has 0 saturated heterocycles. The zero-order chi connectivity index (χ0) is 16.8. The van der Waals surface area contributed by atoms with Crippen molar-refractivity contribution in [3.05, 3.63) is 94.6 Å². The molecule has 0 saturated carbocycles. The Balaban J connectivity index is 1.88. The second kappa shape index (κ2) is 7.98. The van der Waals surface area contributed by atoms with Gasteiger partial charge in [0.15, 0.2) is 0 Å². The lowest BCUT2D eigenvalue weighted by molar-refractivity contribution is 0.753. The summed E-state index contributed by atoms with van der Waals surface area (Å²) in [6.07, 6.45) is 5.90. The Labute approximate surface area is 148 Å². The fourth-order valence-electron chi connectivity index (χ4n) is 2.67. The maximum Gasteiger partial charge on any atom is 0.0852 e. The normalized spacial score (nSPS) is 11.7. The van der Waals surface area contributed by atoms with E-state index >= 15 is 0 Å². The summed E-state index contributed by atoms with van der Waals surface area (Å²) < 4.78 is 2.04. The molecule has 0 aliphatic heterocycles. The van der Waals surface area contributed by atoms with Gasteiger partial charge in [0, 0.05) is 18.9 Å². The minimum absolute atomic E-state index is 0.678. The summed E-state index contributed by atoms with van der Waals surface area (Å²) >= 11 is 6.37. The van der Waals surface area contributed by atoms with Gasteiger partial charge in [-0.05, 0) is 43.0 Å². The Morgan fingerprint density at radius 1 is 0.917 bits per heavy atom. The van der Waals surface area contributed by atoms with Crippen molar-refractivity contribution in [1.82, 2.24) is 4.57 Å². The Bertz CT molecular complexity index is 866. The van der Waals surface area contributed by atoms with Gasteiger partial charge in [0.05, 0.1) is 16.1 Å². The standard InChI is InChI=1S/C21H21ClN2/c1-2-24-15-14-21(19(22)16-24)23-20-11-7-6-10-18(20)13-12-17-8-4-3-5-9-17/h3-11,14-16H,2,12-13H2,1H3. The van der Waals surface area contributed by atoms with Gasteiger partial charge in [-0.15, -0.1) is 0 Å². The van der Waals surface area contributed by atoms with Crippen LogP contribution in [0.4, 0.5) is 5.69 Å². The first-order valence-electron chi connectivity index (χ1n) is 8.28. The summed E-state index contributed by atoms with van der Waals surface area (Å²) in [5.41, 5.74) is 3.57. The van der Waals surface area contributed by atoms with Crippen LogP contribution in [-0.4, -0.2) is 4.57 Å². The average molecular weight is 337 g/mol. The zero-order valence-electron chi connectivity index (χ0n) is 13.8. The molecule has 1 aromatic heterocycles. The number of pyridine rings is 1. The van der Waals surface area contributed by atoms with Crippen molar-refractivity contribution in [3.63, 3.8) is 0 Å². The SMILES string of the molecule is CCn1ccc(=Nc2ccccc2CCc2ccccc2)c(Cl)c1. The van der Waals surface area contributed by atoms with E-state index in [1.54, 1.807) is 0 Å². The van der Waals surface area contributed by atoms with Crippen molar-refractivity contribution in [3.8, 4) is 0 Å². The van der Waals surface area contributed by atoms with Crippen molar-refractivity contribution < 1.29 is 0 Å². The number of para-hydroxylation sites is 1. The van der Waals surface area contributed by atoms with E-state index in [-0.39, 0.29) is 0 Å². The molecule has 0 spiro atoms. The largest absolute Gasteiger partial charge is 0.353 e. The molecule has 24 heavy (non-hydrogen) atoms. The maximum absolute atomic E-state index is 6.37. The smallest absolute Gasteiger partial charge is 0.0852 e. The predicted molar refractivity (Wildman–Crippen MR) is 101 cm³/mol. The van der Waals surface area contributed by atoms with Gasteiger partial charge in [-0.1, -0.05) is 60.1 Å². The number of halogens is 1. The van der Waals surface area contributed by atoms with E-state index in [4.69, 9.17) is 16.6 Å². The molecule has 2 aromatic carbocycles. The molecular formula is C21H21ClN2. The maximum atomic E-state index is 6.37. The number of benzene rings is 2. The van der Waals surface area contributed by atoms with Crippen LogP contribution in [0.2, 0.25) is 5.02 Å². The molecule has 0 atom stereocenters. The molecule has 0 amide bonds. The molecule has 1 heterocycles. The van der Waals surface area contributed by atoms with Crippen molar-refractivity contribution in [1.29, 1.82) is 0 Å². The molecule has 0 aliphatic rings. The van der Waals surface area contributed by atoms with Gasteiger partial charge in [-0.2, -0.15) is 0 Å². The monoisotopic (exact) mass is 336 g/mol. The molecule has 3 heteroatoms. The molecule has 0 N–H and O–H groups in total. The minimum atomic E-state index is 0.678. The second-order valence-electron chi connectivity index (χ2n) is 5.73. The molecule has 0 unspecified atom stereocenters. The van der Waals surface area contributed by atoms with E-state index in [0.717, 1.165) is 30.4 Å². The van der Waals surface area contributed by atoms with Crippen molar-refractivity contribution in [2.75, 3.05) is 0 Å². The van der Waals surface area contributed by atoms with Crippen molar-refractivity contribution >= 4 is 17.3 Å². The van der Waals surface area contributed by atoms with Gasteiger partial charge in [0.25, 0.3) is 0 Å². The van der Waals surface area contributed by atoms with Crippen LogP contribution in [0.25, 0.3) is 0 Å². The van der Waals surface area contributed by atoms with Crippen LogP contribution in [0.3, 0.4) is 0 Å². The Hall–Kier alpha value is -2.32. The summed E-state index contributed by atoms with van der Waals surface area (Å²) in [5.74, 6) is 0. The van der Waals surface area contributed by atoms with Gasteiger partial charge in [-0.3, -0.25) is 0 Å². The fourth-order valence-corrected chi connectivity index (χ4v) is 2.90. The molecule has 0 bridgehead atoms. The first kappa shape index (κ1) is 16.5. The van der Waals surface area contributed by atoms with Crippen LogP contribution in [0, 0.1) is 0 Å². The second-order valence-corrected chi connectivity index (χ2v) is 6.14. The van der Waals surface area contributed by atoms with Crippen molar-refractivity contribution in [2.45, 2.75) is 26.3 Å². The van der Waals surface area contributed by atoms with Crippen LogP contribution >= 0.6 is 11.6 Å². The van der Waals surface area contributed by atoms with Crippen LogP contribution < -0.4 is 5.36 Å². The first-order valence-corrected chi connectivity index (χ1v) is 8.66. The molecule has 122 valence electrons. The highest BCUT2D eigenvalue weighted by molar-refractivity contribution is 6.30. The van der Waals surface area contributed by atoms with Gasteiger partial charge < -0.3 is 4.57 Å². The lowest BCUT2D eigenvalue weighted by atomic mass is 10.0. The quantitative estimate of drug-likeness (QED) is 0.611. The highest BCUT2D eigenvalue weighted by Crippen LogP contribution is 2.20. The summed E-state index contributed by atoms with van der Waals surface area (Å²) in [7, 11) is 0. The van der Waals surface area contributed by atoms with Crippen LogP contribution in [0.5, 0.6) is 0 Å². The number of rotatable bonds is 5. The predicted octanol–water partition coefficient (Wildman–Crippen LogP) is 5.18. The minimum Gasteiger partial charge on any atom is -0.353 e. The summed E-state index contributed by atoms with van der Waals surface area (Å²) in [6.45, 7) is 2.99. The Morgan fingerprint density at radius 2 is 1.67 bits per heavy atom. The van der Waals surface area contributed by atoms with Gasteiger partial charge in [0.1, 0.15) is 0 Å². The topological polar surface area (TPSA) is 17.3 Å². The number of nitrogens with zero attached hydrogens (tertiary/aromatic N) is 2. The molecule has 3 aromatic rings. The van der Waals surface area contributed by atoms with Gasteiger partial charge in [-0.25, -0.2) is 4.99 Å².